The van der Waals surface area contributed by atoms with E-state index in [1.165, 1.54) is 5.56 Å². The third-order valence-corrected chi connectivity index (χ3v) is 7.06. The third-order valence-electron chi connectivity index (χ3n) is 7.06. The number of guanidine groups is 1. The number of nitrogens with two attached hydrogens (primary N) is 1. The molecule has 4 aromatic rings. The average Bonchev–Trinajstić information content (AvgIpc) is 3.37. The summed E-state index contributed by atoms with van der Waals surface area (Å²) in [6.45, 7) is 7.60. The summed E-state index contributed by atoms with van der Waals surface area (Å²) in [7, 11) is 0. The van der Waals surface area contributed by atoms with E-state index in [-0.39, 0.29) is 11.6 Å². The van der Waals surface area contributed by atoms with Gasteiger partial charge in [-0.05, 0) is 60.3 Å². The normalized spacial score (nSPS) is 14.1. The molecule has 5 rings (SSSR count). The van der Waals surface area contributed by atoms with Gasteiger partial charge in [0.25, 0.3) is 0 Å². The van der Waals surface area contributed by atoms with Crippen LogP contribution in [0.2, 0.25) is 0 Å². The molecule has 0 unspecified atom stereocenters. The lowest BCUT2D eigenvalue weighted by Gasteiger charge is -2.27. The number of hydrogen-bond acceptors (Lipinski definition) is 6. The molecule has 39 heavy (non-hydrogen) atoms. The first-order valence-electron chi connectivity index (χ1n) is 13.6. The first-order chi connectivity index (χ1) is 19.0. The molecule has 3 heterocycles. The second-order valence-corrected chi connectivity index (χ2v) is 9.96. The smallest absolute Gasteiger partial charge is 0.354 e. The Bertz CT molecular complexity index is 1450. The molecule has 0 bridgehead atoms. The Morgan fingerprint density at radius 2 is 1.87 bits per heavy atom. The van der Waals surface area contributed by atoms with Crippen LogP contribution in [0.5, 0.6) is 0 Å². The zero-order chi connectivity index (χ0) is 27.0. The molecule has 1 saturated heterocycles. The summed E-state index contributed by atoms with van der Waals surface area (Å²) in [4.78, 5) is 23.0. The molecule has 7 N–H and O–H groups in total. The van der Waals surface area contributed by atoms with E-state index in [0.717, 1.165) is 86.5 Å². The largest absolute Gasteiger partial charge is 0.370 e. The van der Waals surface area contributed by atoms with Gasteiger partial charge in [-0.25, -0.2) is 4.79 Å². The summed E-state index contributed by atoms with van der Waals surface area (Å²) in [6.07, 6.45) is 3.74. The van der Waals surface area contributed by atoms with Crippen LogP contribution >= 0.6 is 0 Å². The van der Waals surface area contributed by atoms with Crippen LogP contribution in [0, 0.1) is 5.41 Å². The van der Waals surface area contributed by atoms with Gasteiger partial charge in [0.1, 0.15) is 5.65 Å². The van der Waals surface area contributed by atoms with Gasteiger partial charge in [0.15, 0.2) is 5.96 Å². The molecule has 0 radical (unpaired) electrons. The topological polar surface area (TPSA) is 140 Å². The minimum absolute atomic E-state index is 0.00425. The molecule has 1 fully saturated rings. The lowest BCUT2D eigenvalue weighted by Crippen LogP contribution is -2.44. The van der Waals surface area contributed by atoms with Crippen LogP contribution in [0.1, 0.15) is 17.5 Å². The Balaban J connectivity index is 1.24. The highest BCUT2D eigenvalue weighted by Gasteiger charge is 2.11. The van der Waals surface area contributed by atoms with Crippen molar-refractivity contribution in [2.24, 2.45) is 5.73 Å². The van der Waals surface area contributed by atoms with E-state index in [0.29, 0.717) is 12.2 Å². The maximum Gasteiger partial charge on any atom is 0.354 e. The van der Waals surface area contributed by atoms with Gasteiger partial charge in [-0.15, -0.1) is 0 Å². The highest BCUT2D eigenvalue weighted by Crippen LogP contribution is 2.24. The van der Waals surface area contributed by atoms with Crippen molar-refractivity contribution in [1.82, 2.24) is 35.4 Å². The number of nitrogens with one attached hydrogen (secondary N) is 5. The molecule has 10 heteroatoms. The van der Waals surface area contributed by atoms with Gasteiger partial charge in [0.2, 0.25) is 0 Å². The molecule has 1 aliphatic rings. The van der Waals surface area contributed by atoms with Crippen LogP contribution in [0.15, 0.2) is 65.6 Å². The lowest BCUT2D eigenvalue weighted by molar-refractivity contribution is 0.244. The van der Waals surface area contributed by atoms with E-state index in [2.05, 4.69) is 61.2 Å². The van der Waals surface area contributed by atoms with Crippen molar-refractivity contribution < 1.29 is 0 Å². The van der Waals surface area contributed by atoms with Crippen LogP contribution in [-0.4, -0.2) is 71.2 Å². The molecule has 204 valence electrons. The standard InChI is InChI=1S/C29H37N9O/c30-28(31)34-11-2-10-33-19-22-5-7-25(8-6-22)38-20-24-18-26(35-27(24)36-29(38)39)23-4-1-3-21(17-23)9-14-37-15-12-32-13-16-37/h1,3-8,17-18,20,32-33H,2,9-16,19H2,(H4,30,31,34)(H,35,36,39). The lowest BCUT2D eigenvalue weighted by atomic mass is 10.1. The number of piperazine rings is 1. The SMILES string of the molecule is N=C(N)NCCCNCc1ccc(-n2cc3cc(-c4cccc(CCN5CCNCC5)c4)[nH]c3nc2=O)cc1. The fraction of sp³-hybridized carbons (Fsp3) is 0.345. The Kier molecular flexibility index (Phi) is 8.67. The quantitative estimate of drug-likeness (QED) is 0.0993. The Hall–Kier alpha value is -3.99. The summed E-state index contributed by atoms with van der Waals surface area (Å²) >= 11 is 0. The van der Waals surface area contributed by atoms with Gasteiger partial charge in [-0.2, -0.15) is 4.98 Å². The predicted octanol–water partition coefficient (Wildman–Crippen LogP) is 1.79. The molecule has 0 spiro atoms. The number of hydrogen-bond donors (Lipinski definition) is 6. The third kappa shape index (κ3) is 7.11. The van der Waals surface area contributed by atoms with Crippen molar-refractivity contribution in [1.29, 1.82) is 5.41 Å². The van der Waals surface area contributed by atoms with Crippen molar-refractivity contribution in [2.45, 2.75) is 19.4 Å². The van der Waals surface area contributed by atoms with Gasteiger partial charge < -0.3 is 31.6 Å². The van der Waals surface area contributed by atoms with E-state index in [1.807, 2.05) is 30.5 Å². The molecule has 2 aromatic heterocycles. The van der Waals surface area contributed by atoms with E-state index >= 15 is 0 Å². The fourth-order valence-corrected chi connectivity index (χ4v) is 4.89. The molecule has 0 saturated carbocycles. The number of aromatic nitrogens is 3. The number of rotatable bonds is 11. The van der Waals surface area contributed by atoms with Gasteiger partial charge in [0.05, 0.1) is 5.69 Å². The summed E-state index contributed by atoms with van der Waals surface area (Å²) in [6, 6.07) is 18.6. The Morgan fingerprint density at radius 3 is 2.67 bits per heavy atom. The van der Waals surface area contributed by atoms with Gasteiger partial charge >= 0.3 is 5.69 Å². The maximum absolute atomic E-state index is 12.9. The number of H-pyrrole nitrogens is 1. The predicted molar refractivity (Wildman–Crippen MR) is 156 cm³/mol. The van der Waals surface area contributed by atoms with E-state index in [9.17, 15) is 4.79 Å². The zero-order valence-electron chi connectivity index (χ0n) is 22.2. The second-order valence-electron chi connectivity index (χ2n) is 9.96. The highest BCUT2D eigenvalue weighted by atomic mass is 16.1. The zero-order valence-corrected chi connectivity index (χ0v) is 22.2. The summed E-state index contributed by atoms with van der Waals surface area (Å²) < 4.78 is 1.59. The monoisotopic (exact) mass is 527 g/mol. The fourth-order valence-electron chi connectivity index (χ4n) is 4.89. The van der Waals surface area contributed by atoms with E-state index in [4.69, 9.17) is 11.1 Å². The van der Waals surface area contributed by atoms with Crippen LogP contribution in [-0.2, 0) is 13.0 Å². The maximum atomic E-state index is 12.9. The minimum atomic E-state index is -0.315. The Labute approximate surface area is 228 Å². The molecule has 2 aromatic carbocycles. The number of nitrogens with zero attached hydrogens (tertiary/aromatic N) is 3. The Morgan fingerprint density at radius 1 is 1.05 bits per heavy atom. The van der Waals surface area contributed by atoms with Crippen molar-refractivity contribution in [3.8, 4) is 16.9 Å². The molecule has 1 aliphatic heterocycles. The number of fused-ring (bicyclic) bond motifs is 1. The highest BCUT2D eigenvalue weighted by molar-refractivity contribution is 5.82. The van der Waals surface area contributed by atoms with E-state index in [1.54, 1.807) is 4.57 Å². The van der Waals surface area contributed by atoms with Gasteiger partial charge in [0, 0.05) is 63.1 Å². The van der Waals surface area contributed by atoms with Gasteiger partial charge in [-0.3, -0.25) is 9.98 Å². The second kappa shape index (κ2) is 12.7. The number of aromatic amines is 1. The molecular formula is C29H37N9O. The van der Waals surface area contributed by atoms with Crippen molar-refractivity contribution in [2.75, 3.05) is 45.8 Å². The first-order valence-corrected chi connectivity index (χ1v) is 13.6. The number of benzene rings is 2. The molecule has 0 aliphatic carbocycles. The van der Waals surface area contributed by atoms with Crippen molar-refractivity contribution in [3.05, 3.63) is 82.4 Å². The van der Waals surface area contributed by atoms with E-state index < -0.39 is 0 Å². The van der Waals surface area contributed by atoms with Crippen LogP contribution < -0.4 is 27.4 Å². The summed E-state index contributed by atoms with van der Waals surface area (Å²) in [5.41, 5.74) is 10.8. The molecule has 0 amide bonds. The first kappa shape index (κ1) is 26.6. The van der Waals surface area contributed by atoms with Crippen molar-refractivity contribution in [3.63, 3.8) is 0 Å². The van der Waals surface area contributed by atoms with Crippen LogP contribution in [0.25, 0.3) is 28.0 Å². The molecular weight excluding hydrogens is 490 g/mol. The molecule has 0 atom stereocenters. The average molecular weight is 528 g/mol. The summed E-state index contributed by atoms with van der Waals surface area (Å²) in [5, 5.41) is 17.6. The minimum Gasteiger partial charge on any atom is -0.370 e. The van der Waals surface area contributed by atoms with Gasteiger partial charge in [-0.1, -0.05) is 30.3 Å². The van der Waals surface area contributed by atoms with Crippen LogP contribution in [0.3, 0.4) is 0 Å². The van der Waals surface area contributed by atoms with Crippen molar-refractivity contribution >= 4 is 17.0 Å². The summed E-state index contributed by atoms with van der Waals surface area (Å²) in [5.74, 6) is -0.00425. The molecule has 10 nitrogen and oxygen atoms in total. The van der Waals surface area contributed by atoms with Crippen LogP contribution in [0.4, 0.5) is 0 Å².